The van der Waals surface area contributed by atoms with E-state index in [0.29, 0.717) is 20.5 Å². The summed E-state index contributed by atoms with van der Waals surface area (Å²) in [7, 11) is 0. The molecule has 0 aliphatic heterocycles. The summed E-state index contributed by atoms with van der Waals surface area (Å²) in [5, 5.41) is 0.910. The minimum Gasteiger partial charge on any atom is -0.281 e. The molecule has 0 aliphatic rings. The number of rotatable bonds is 6. The molecule has 0 bridgehead atoms. The van der Waals surface area contributed by atoms with Gasteiger partial charge < -0.3 is 0 Å². The molecule has 0 saturated carbocycles. The van der Waals surface area contributed by atoms with Crippen LogP contribution in [0, 0.1) is 11.6 Å². The van der Waals surface area contributed by atoms with Crippen molar-refractivity contribution < 1.29 is 13.6 Å². The molecule has 2 aromatic carbocycles. The second-order valence-corrected chi connectivity index (χ2v) is 8.77. The van der Waals surface area contributed by atoms with Crippen molar-refractivity contribution in [2.24, 2.45) is 0 Å². The van der Waals surface area contributed by atoms with Gasteiger partial charge in [-0.2, -0.15) is 0 Å². The van der Waals surface area contributed by atoms with Crippen molar-refractivity contribution in [3.63, 3.8) is 0 Å². The summed E-state index contributed by atoms with van der Waals surface area (Å²) in [6.45, 7) is 0.171. The number of aromatic nitrogens is 2. The number of halogens is 3. The standard InChI is InChI=1S/C21H14ClF2N3OS2/c22-13-4-6-16(7-5-13)29-12-19(28)27(11-15-3-1-2-8-25-15)21-26-20-17(24)9-14(23)10-18(20)30-21/h1-10H,11-12H2. The highest BCUT2D eigenvalue weighted by molar-refractivity contribution is 8.00. The van der Waals surface area contributed by atoms with Crippen LogP contribution in [-0.2, 0) is 11.3 Å². The molecule has 0 saturated heterocycles. The van der Waals surface area contributed by atoms with Crippen molar-refractivity contribution in [3.8, 4) is 0 Å². The average Bonchev–Trinajstić information content (AvgIpc) is 3.16. The Balaban J connectivity index is 1.63. The number of nitrogens with zero attached hydrogens (tertiary/aromatic N) is 3. The van der Waals surface area contributed by atoms with Crippen LogP contribution in [0.4, 0.5) is 13.9 Å². The molecule has 0 fully saturated rings. The molecule has 1 amide bonds. The number of carbonyl (C=O) groups excluding carboxylic acids is 1. The van der Waals surface area contributed by atoms with Crippen molar-refractivity contribution in [3.05, 3.63) is 83.1 Å². The van der Waals surface area contributed by atoms with Crippen LogP contribution in [-0.4, -0.2) is 21.6 Å². The second-order valence-electron chi connectivity index (χ2n) is 6.27. The fourth-order valence-corrected chi connectivity index (χ4v) is 4.65. The zero-order chi connectivity index (χ0) is 21.1. The van der Waals surface area contributed by atoms with Gasteiger partial charge in [0.2, 0.25) is 5.91 Å². The summed E-state index contributed by atoms with van der Waals surface area (Å²) in [6.07, 6.45) is 1.63. The summed E-state index contributed by atoms with van der Waals surface area (Å²) in [4.78, 5) is 23.9. The number of benzene rings is 2. The van der Waals surface area contributed by atoms with Crippen LogP contribution in [0.1, 0.15) is 5.69 Å². The molecule has 0 radical (unpaired) electrons. The Hall–Kier alpha value is -2.55. The van der Waals surface area contributed by atoms with Crippen LogP contribution in [0.3, 0.4) is 0 Å². The van der Waals surface area contributed by atoms with E-state index < -0.39 is 11.6 Å². The lowest BCUT2D eigenvalue weighted by Gasteiger charge is -2.19. The third kappa shape index (κ3) is 4.77. The van der Waals surface area contributed by atoms with Crippen molar-refractivity contribution in [2.45, 2.75) is 11.4 Å². The first-order valence-corrected chi connectivity index (χ1v) is 11.0. The smallest absolute Gasteiger partial charge is 0.239 e. The van der Waals surface area contributed by atoms with Crippen LogP contribution in [0.5, 0.6) is 0 Å². The zero-order valence-corrected chi connectivity index (χ0v) is 17.8. The minimum absolute atomic E-state index is 0.0422. The van der Waals surface area contributed by atoms with Gasteiger partial charge in [0.25, 0.3) is 0 Å². The maximum absolute atomic E-state index is 14.1. The average molecular weight is 462 g/mol. The van der Waals surface area contributed by atoms with Crippen molar-refractivity contribution in [2.75, 3.05) is 10.7 Å². The van der Waals surface area contributed by atoms with E-state index >= 15 is 0 Å². The van der Waals surface area contributed by atoms with Crippen LogP contribution in [0.25, 0.3) is 10.2 Å². The Labute approximate surface area is 184 Å². The van der Waals surface area contributed by atoms with Gasteiger partial charge in [-0.1, -0.05) is 29.0 Å². The number of pyridine rings is 1. The van der Waals surface area contributed by atoms with Gasteiger partial charge in [-0.3, -0.25) is 14.7 Å². The van der Waals surface area contributed by atoms with Crippen molar-refractivity contribution in [1.29, 1.82) is 0 Å². The first-order valence-electron chi connectivity index (χ1n) is 8.84. The summed E-state index contributed by atoms with van der Waals surface area (Å²) < 4.78 is 28.1. The highest BCUT2D eigenvalue weighted by atomic mass is 35.5. The molecule has 4 rings (SSSR count). The van der Waals surface area contributed by atoms with Gasteiger partial charge in [-0.05, 0) is 42.5 Å². The fraction of sp³-hybridized carbons (Fsp3) is 0.0952. The molecule has 0 spiro atoms. The molecule has 0 atom stereocenters. The lowest BCUT2D eigenvalue weighted by atomic mass is 10.3. The van der Waals surface area contributed by atoms with Gasteiger partial charge in [-0.25, -0.2) is 13.8 Å². The van der Waals surface area contributed by atoms with E-state index in [0.717, 1.165) is 22.3 Å². The zero-order valence-electron chi connectivity index (χ0n) is 15.4. The quantitative estimate of drug-likeness (QED) is 0.333. The van der Waals surface area contributed by atoms with E-state index in [9.17, 15) is 13.6 Å². The number of fused-ring (bicyclic) bond motifs is 1. The Morgan fingerprint density at radius 1 is 1.13 bits per heavy atom. The predicted octanol–water partition coefficient (Wildman–Crippen LogP) is 5.95. The summed E-state index contributed by atoms with van der Waals surface area (Å²) in [6, 6.07) is 14.6. The molecule has 2 heterocycles. The largest absolute Gasteiger partial charge is 0.281 e. The number of thioether (sulfide) groups is 1. The molecule has 0 unspecified atom stereocenters. The number of amides is 1. The van der Waals surface area contributed by atoms with Crippen molar-refractivity contribution >= 4 is 56.0 Å². The first-order chi connectivity index (χ1) is 14.5. The van der Waals surface area contributed by atoms with Gasteiger partial charge in [-0.15, -0.1) is 11.8 Å². The Kier molecular flexibility index (Phi) is 6.26. The highest BCUT2D eigenvalue weighted by Crippen LogP contribution is 2.32. The van der Waals surface area contributed by atoms with Crippen molar-refractivity contribution in [1.82, 2.24) is 9.97 Å². The van der Waals surface area contributed by atoms with E-state index in [1.165, 1.54) is 22.7 Å². The normalized spacial score (nSPS) is 11.0. The van der Waals surface area contributed by atoms with Crippen LogP contribution in [0.2, 0.25) is 5.02 Å². The monoisotopic (exact) mass is 461 g/mol. The molecular weight excluding hydrogens is 448 g/mol. The predicted molar refractivity (Wildman–Crippen MR) is 117 cm³/mol. The highest BCUT2D eigenvalue weighted by Gasteiger charge is 2.22. The lowest BCUT2D eigenvalue weighted by Crippen LogP contribution is -2.32. The number of hydrogen-bond donors (Lipinski definition) is 0. The molecular formula is C21H14ClF2N3OS2. The number of anilines is 1. The van der Waals surface area contributed by atoms with Gasteiger partial charge >= 0.3 is 0 Å². The molecule has 4 aromatic rings. The molecule has 9 heteroatoms. The Bertz CT molecular complexity index is 1190. The molecule has 30 heavy (non-hydrogen) atoms. The summed E-state index contributed by atoms with van der Waals surface area (Å²) in [5.74, 6) is -1.52. The van der Waals surface area contributed by atoms with Gasteiger partial charge in [0, 0.05) is 22.2 Å². The van der Waals surface area contributed by atoms with Crippen LogP contribution < -0.4 is 4.90 Å². The first kappa shape index (κ1) is 20.7. The van der Waals surface area contributed by atoms with E-state index in [-0.39, 0.29) is 23.7 Å². The van der Waals surface area contributed by atoms with Crippen LogP contribution in [0.15, 0.2) is 65.7 Å². The fourth-order valence-electron chi connectivity index (χ4n) is 2.73. The molecule has 2 aromatic heterocycles. The van der Waals surface area contributed by atoms with Gasteiger partial charge in [0.15, 0.2) is 10.9 Å². The number of hydrogen-bond acceptors (Lipinski definition) is 5. The SMILES string of the molecule is O=C(CSc1ccc(Cl)cc1)N(Cc1ccccn1)c1nc2c(F)cc(F)cc2s1. The second kappa shape index (κ2) is 9.07. The molecule has 0 N–H and O–H groups in total. The maximum atomic E-state index is 14.1. The third-order valence-corrected chi connectivity index (χ3v) is 6.43. The third-order valence-electron chi connectivity index (χ3n) is 4.16. The number of thiazole rings is 1. The Morgan fingerprint density at radius 2 is 1.93 bits per heavy atom. The summed E-state index contributed by atoms with van der Waals surface area (Å²) in [5.41, 5.74) is 0.703. The van der Waals surface area contributed by atoms with E-state index in [1.54, 1.807) is 30.5 Å². The van der Waals surface area contributed by atoms with Gasteiger partial charge in [0.05, 0.1) is 22.7 Å². The maximum Gasteiger partial charge on any atom is 0.239 e. The number of carbonyl (C=O) groups is 1. The minimum atomic E-state index is -0.756. The van der Waals surface area contributed by atoms with E-state index in [4.69, 9.17) is 11.6 Å². The lowest BCUT2D eigenvalue weighted by molar-refractivity contribution is -0.116. The molecule has 152 valence electrons. The molecule has 0 aliphatic carbocycles. The van der Waals surface area contributed by atoms with E-state index in [1.807, 2.05) is 18.2 Å². The summed E-state index contributed by atoms with van der Waals surface area (Å²) >= 11 is 8.32. The Morgan fingerprint density at radius 3 is 2.67 bits per heavy atom. The van der Waals surface area contributed by atoms with Gasteiger partial charge in [0.1, 0.15) is 11.3 Å². The molecule has 4 nitrogen and oxygen atoms in total. The topological polar surface area (TPSA) is 46.1 Å². The van der Waals surface area contributed by atoms with Crippen LogP contribution >= 0.6 is 34.7 Å². The van der Waals surface area contributed by atoms with E-state index in [2.05, 4.69) is 9.97 Å².